The van der Waals surface area contributed by atoms with E-state index in [4.69, 9.17) is 0 Å². The van der Waals surface area contributed by atoms with Crippen LogP contribution in [0.3, 0.4) is 0 Å². The van der Waals surface area contributed by atoms with Gasteiger partial charge in [-0.15, -0.1) is 11.3 Å². The first-order chi connectivity index (χ1) is 7.72. The minimum Gasteiger partial charge on any atom is -0.393 e. The van der Waals surface area contributed by atoms with Gasteiger partial charge >= 0.3 is 0 Å². The summed E-state index contributed by atoms with van der Waals surface area (Å²) in [5.41, 5.74) is 0. The Labute approximate surface area is 111 Å². The van der Waals surface area contributed by atoms with Gasteiger partial charge in [0.05, 0.1) is 6.10 Å². The van der Waals surface area contributed by atoms with Crippen LogP contribution in [0.1, 0.15) is 50.3 Å². The van der Waals surface area contributed by atoms with Crippen molar-refractivity contribution in [2.24, 2.45) is 0 Å². The minimum absolute atomic E-state index is 0.160. The molecule has 16 heavy (non-hydrogen) atoms. The van der Waals surface area contributed by atoms with E-state index in [1.165, 1.54) is 30.6 Å². The lowest BCUT2D eigenvalue weighted by Gasteiger charge is -2.08. The van der Waals surface area contributed by atoms with Crippen molar-refractivity contribution < 1.29 is 5.11 Å². The molecule has 92 valence electrons. The second-order valence-corrected chi connectivity index (χ2v) is 6.20. The largest absolute Gasteiger partial charge is 0.393 e. The molecule has 1 aromatic heterocycles. The smallest absolute Gasteiger partial charge is 0.0588 e. The molecule has 1 aromatic rings. The van der Waals surface area contributed by atoms with Crippen LogP contribution < -0.4 is 0 Å². The van der Waals surface area contributed by atoms with Crippen LogP contribution in [0, 0.1) is 0 Å². The van der Waals surface area contributed by atoms with E-state index in [0.717, 1.165) is 23.7 Å². The van der Waals surface area contributed by atoms with Gasteiger partial charge < -0.3 is 5.11 Å². The molecule has 3 heteroatoms. The number of unbranched alkanes of at least 4 members (excludes halogenated alkanes) is 4. The topological polar surface area (TPSA) is 20.2 Å². The lowest BCUT2D eigenvalue weighted by atomic mass is 10.1. The Kier molecular flexibility index (Phi) is 7.33. The van der Waals surface area contributed by atoms with E-state index in [9.17, 15) is 5.11 Å². The number of halogens is 1. The zero-order chi connectivity index (χ0) is 11.8. The van der Waals surface area contributed by atoms with Crippen LogP contribution in [0.2, 0.25) is 0 Å². The fraction of sp³-hybridized carbons (Fsp3) is 0.692. The summed E-state index contributed by atoms with van der Waals surface area (Å²) in [7, 11) is 0. The van der Waals surface area contributed by atoms with E-state index >= 15 is 0 Å². The zero-order valence-corrected chi connectivity index (χ0v) is 12.3. The van der Waals surface area contributed by atoms with Gasteiger partial charge in [0.25, 0.3) is 0 Å². The summed E-state index contributed by atoms with van der Waals surface area (Å²) in [6.07, 6.45) is 7.94. The Hall–Kier alpha value is 0.140. The van der Waals surface area contributed by atoms with Crippen molar-refractivity contribution >= 4 is 27.3 Å². The third-order valence-electron chi connectivity index (χ3n) is 2.70. The molecule has 0 spiro atoms. The van der Waals surface area contributed by atoms with Crippen LogP contribution in [-0.2, 0) is 6.42 Å². The molecule has 0 radical (unpaired) electrons. The Balaban J connectivity index is 2.09. The van der Waals surface area contributed by atoms with Crippen LogP contribution in [-0.4, -0.2) is 11.2 Å². The van der Waals surface area contributed by atoms with Crippen molar-refractivity contribution in [1.29, 1.82) is 0 Å². The highest BCUT2D eigenvalue weighted by Crippen LogP contribution is 2.22. The first-order valence-corrected chi connectivity index (χ1v) is 7.80. The fourth-order valence-electron chi connectivity index (χ4n) is 1.78. The number of aliphatic hydroxyl groups is 1. The molecule has 1 heterocycles. The monoisotopic (exact) mass is 304 g/mol. The van der Waals surface area contributed by atoms with Gasteiger partial charge in [-0.1, -0.05) is 39.0 Å². The predicted molar refractivity (Wildman–Crippen MR) is 75.1 cm³/mol. The van der Waals surface area contributed by atoms with Crippen LogP contribution >= 0.6 is 27.3 Å². The van der Waals surface area contributed by atoms with Gasteiger partial charge in [-0.3, -0.25) is 0 Å². The van der Waals surface area contributed by atoms with E-state index in [2.05, 4.69) is 34.3 Å². The molecule has 0 aromatic carbocycles. The molecular formula is C13H21BrOS. The van der Waals surface area contributed by atoms with Gasteiger partial charge in [0.15, 0.2) is 0 Å². The summed E-state index contributed by atoms with van der Waals surface area (Å²) >= 11 is 5.15. The Bertz CT molecular complexity index is 285. The second kappa shape index (κ2) is 8.26. The summed E-state index contributed by atoms with van der Waals surface area (Å²) < 4.78 is 1.13. The molecule has 1 rings (SSSR count). The maximum absolute atomic E-state index is 9.86. The van der Waals surface area contributed by atoms with Crippen LogP contribution in [0.15, 0.2) is 15.9 Å². The van der Waals surface area contributed by atoms with Crippen LogP contribution in [0.4, 0.5) is 0 Å². The average Bonchev–Trinajstić information content (AvgIpc) is 2.63. The highest BCUT2D eigenvalue weighted by atomic mass is 79.9. The zero-order valence-electron chi connectivity index (χ0n) is 9.92. The second-order valence-electron chi connectivity index (χ2n) is 4.29. The summed E-state index contributed by atoms with van der Waals surface area (Å²) in [5, 5.41) is 11.9. The Morgan fingerprint density at radius 3 is 2.69 bits per heavy atom. The first kappa shape index (κ1) is 14.2. The molecule has 1 N–H and O–H groups in total. The van der Waals surface area contributed by atoms with E-state index < -0.39 is 0 Å². The van der Waals surface area contributed by atoms with Crippen molar-refractivity contribution in [3.8, 4) is 0 Å². The molecule has 1 nitrogen and oxygen atoms in total. The van der Waals surface area contributed by atoms with Crippen LogP contribution in [0.5, 0.6) is 0 Å². The fourth-order valence-corrected chi connectivity index (χ4v) is 3.30. The van der Waals surface area contributed by atoms with Crippen molar-refractivity contribution in [1.82, 2.24) is 0 Å². The summed E-state index contributed by atoms with van der Waals surface area (Å²) in [4.78, 5) is 1.27. The molecule has 0 saturated carbocycles. The molecule has 1 atom stereocenters. The van der Waals surface area contributed by atoms with Crippen LogP contribution in [0.25, 0.3) is 0 Å². The first-order valence-electron chi connectivity index (χ1n) is 6.13. The highest BCUT2D eigenvalue weighted by Gasteiger charge is 2.07. The third-order valence-corrected chi connectivity index (χ3v) is 4.42. The molecule has 0 bridgehead atoms. The summed E-state index contributed by atoms with van der Waals surface area (Å²) in [5.74, 6) is 0. The molecule has 0 saturated heterocycles. The molecule has 0 amide bonds. The van der Waals surface area contributed by atoms with E-state index in [1.807, 2.05) is 0 Å². The van der Waals surface area contributed by atoms with Gasteiger partial charge in [0, 0.05) is 21.2 Å². The van der Waals surface area contributed by atoms with E-state index in [-0.39, 0.29) is 6.10 Å². The number of hydrogen-bond acceptors (Lipinski definition) is 2. The van der Waals surface area contributed by atoms with E-state index in [1.54, 1.807) is 11.3 Å². The average molecular weight is 305 g/mol. The third kappa shape index (κ3) is 6.02. The minimum atomic E-state index is -0.160. The van der Waals surface area contributed by atoms with E-state index in [0.29, 0.717) is 0 Å². The van der Waals surface area contributed by atoms with Gasteiger partial charge in [-0.25, -0.2) is 0 Å². The number of rotatable bonds is 8. The highest BCUT2D eigenvalue weighted by molar-refractivity contribution is 9.10. The molecule has 1 unspecified atom stereocenters. The molecule has 0 aliphatic heterocycles. The van der Waals surface area contributed by atoms with Crippen molar-refractivity contribution in [2.75, 3.05) is 0 Å². The van der Waals surface area contributed by atoms with Crippen molar-refractivity contribution in [3.63, 3.8) is 0 Å². The number of thiophene rings is 1. The molecule has 0 aliphatic carbocycles. The molecule has 0 fully saturated rings. The van der Waals surface area contributed by atoms with Gasteiger partial charge in [-0.2, -0.15) is 0 Å². The SMILES string of the molecule is CCCCCCCC(O)Cc1cc(Br)cs1. The van der Waals surface area contributed by atoms with Gasteiger partial charge in [-0.05, 0) is 28.4 Å². The summed E-state index contributed by atoms with van der Waals surface area (Å²) in [6.45, 7) is 2.23. The normalized spacial score (nSPS) is 12.9. The standard InChI is InChI=1S/C13H21BrOS/c1-2-3-4-5-6-7-12(15)9-13-8-11(14)10-16-13/h8,10,12,15H,2-7,9H2,1H3. The van der Waals surface area contributed by atoms with Crippen molar-refractivity contribution in [3.05, 3.63) is 20.8 Å². The maximum Gasteiger partial charge on any atom is 0.0588 e. The van der Waals surface area contributed by atoms with Gasteiger partial charge in [0.1, 0.15) is 0 Å². The number of hydrogen-bond donors (Lipinski definition) is 1. The van der Waals surface area contributed by atoms with Gasteiger partial charge in [0.2, 0.25) is 0 Å². The Morgan fingerprint density at radius 1 is 1.31 bits per heavy atom. The lowest BCUT2D eigenvalue weighted by Crippen LogP contribution is -2.09. The van der Waals surface area contributed by atoms with Crippen molar-refractivity contribution in [2.45, 2.75) is 58.0 Å². The molecular weight excluding hydrogens is 284 g/mol. The predicted octanol–water partition coefficient (Wildman–Crippen LogP) is 4.77. The molecule has 0 aliphatic rings. The Morgan fingerprint density at radius 2 is 2.06 bits per heavy atom. The quantitative estimate of drug-likeness (QED) is 0.686. The number of aliphatic hydroxyl groups excluding tert-OH is 1. The maximum atomic E-state index is 9.86. The summed E-state index contributed by atoms with van der Waals surface area (Å²) in [6, 6.07) is 2.10. The lowest BCUT2D eigenvalue weighted by molar-refractivity contribution is 0.162.